The van der Waals surface area contributed by atoms with Crippen molar-refractivity contribution in [1.82, 2.24) is 19.7 Å². The molecule has 2 aromatic heterocycles. The Morgan fingerprint density at radius 1 is 1.38 bits per heavy atom. The lowest BCUT2D eigenvalue weighted by molar-refractivity contribution is 0.0211. The number of hydrogen-bond acceptors (Lipinski definition) is 5. The lowest BCUT2D eigenvalue weighted by Gasteiger charge is -2.27. The number of nitrogens with zero attached hydrogens (tertiary/aromatic N) is 4. The number of pyridine rings is 1. The van der Waals surface area contributed by atoms with Gasteiger partial charge in [0.15, 0.2) is 5.82 Å². The highest BCUT2D eigenvalue weighted by atomic mass is 16.5. The van der Waals surface area contributed by atoms with E-state index >= 15 is 0 Å². The number of nitrogens with one attached hydrogen (secondary N) is 1. The Morgan fingerprint density at radius 3 is 2.88 bits per heavy atom. The molecule has 1 saturated heterocycles. The van der Waals surface area contributed by atoms with Crippen molar-refractivity contribution < 1.29 is 4.74 Å². The van der Waals surface area contributed by atoms with Crippen molar-refractivity contribution in [3.8, 4) is 5.82 Å². The van der Waals surface area contributed by atoms with E-state index in [2.05, 4.69) is 20.4 Å². The molecule has 0 atom stereocenters. The lowest BCUT2D eigenvalue weighted by Crippen LogP contribution is -2.40. The van der Waals surface area contributed by atoms with E-state index in [-0.39, 0.29) is 0 Å². The molecule has 3 heterocycles. The molecule has 0 aromatic carbocycles. The van der Waals surface area contributed by atoms with Crippen molar-refractivity contribution in [3.63, 3.8) is 0 Å². The molecular weight excluding hydrogens is 206 g/mol. The Labute approximate surface area is 92.3 Å². The monoisotopic (exact) mass is 217 g/mol. The molecule has 1 aliphatic heterocycles. The largest absolute Gasteiger partial charge is 0.377 e. The maximum absolute atomic E-state index is 5.08. The van der Waals surface area contributed by atoms with Gasteiger partial charge in [0, 0.05) is 0 Å². The Morgan fingerprint density at radius 2 is 2.31 bits per heavy atom. The van der Waals surface area contributed by atoms with E-state index in [0.717, 1.165) is 24.7 Å². The van der Waals surface area contributed by atoms with Gasteiger partial charge in [-0.3, -0.25) is 0 Å². The third-order valence-electron chi connectivity index (χ3n) is 2.41. The molecule has 82 valence electrons. The molecular formula is C10H11N5O. The van der Waals surface area contributed by atoms with E-state index < -0.39 is 0 Å². The van der Waals surface area contributed by atoms with Crippen LogP contribution in [0.2, 0.25) is 0 Å². The predicted octanol–water partition coefficient (Wildman–Crippen LogP) is 0.473. The average Bonchev–Trinajstić information content (AvgIpc) is 2.78. The Bertz CT molecular complexity index is 449. The normalized spacial score (nSPS) is 15.8. The molecule has 1 aliphatic rings. The van der Waals surface area contributed by atoms with Crippen molar-refractivity contribution in [3.05, 3.63) is 31.0 Å². The van der Waals surface area contributed by atoms with Gasteiger partial charge in [-0.25, -0.2) is 14.6 Å². The van der Waals surface area contributed by atoms with Gasteiger partial charge in [0.2, 0.25) is 0 Å². The van der Waals surface area contributed by atoms with Gasteiger partial charge in [-0.15, -0.1) is 0 Å². The van der Waals surface area contributed by atoms with Crippen molar-refractivity contribution in [2.24, 2.45) is 0 Å². The third kappa shape index (κ3) is 1.74. The van der Waals surface area contributed by atoms with Crippen LogP contribution in [-0.2, 0) is 4.74 Å². The minimum Gasteiger partial charge on any atom is -0.377 e. The molecule has 0 bridgehead atoms. The number of aromatic nitrogens is 4. The summed E-state index contributed by atoms with van der Waals surface area (Å²) in [4.78, 5) is 8.16. The summed E-state index contributed by atoms with van der Waals surface area (Å²) in [5, 5.41) is 7.33. The summed E-state index contributed by atoms with van der Waals surface area (Å²) in [6, 6.07) is 4.29. The van der Waals surface area contributed by atoms with E-state index in [1.54, 1.807) is 17.2 Å². The van der Waals surface area contributed by atoms with E-state index in [1.165, 1.54) is 6.33 Å². The first kappa shape index (κ1) is 9.29. The second-order valence-electron chi connectivity index (χ2n) is 3.62. The van der Waals surface area contributed by atoms with Gasteiger partial charge < -0.3 is 10.1 Å². The maximum Gasteiger partial charge on any atom is 0.155 e. The van der Waals surface area contributed by atoms with Crippen LogP contribution in [0.5, 0.6) is 0 Å². The van der Waals surface area contributed by atoms with Crippen molar-refractivity contribution in [2.75, 3.05) is 18.5 Å². The standard InChI is InChI=1S/C10H11N5O/c1-2-10(15-7-11-6-13-15)12-3-8(1)14-9-4-16-5-9/h1-3,6-7,9,14H,4-5H2. The highest BCUT2D eigenvalue weighted by Crippen LogP contribution is 2.12. The van der Waals surface area contributed by atoms with Gasteiger partial charge >= 0.3 is 0 Å². The van der Waals surface area contributed by atoms with Gasteiger partial charge in [-0.2, -0.15) is 5.10 Å². The molecule has 3 rings (SSSR count). The zero-order chi connectivity index (χ0) is 10.8. The first-order valence-electron chi connectivity index (χ1n) is 5.07. The second-order valence-corrected chi connectivity index (χ2v) is 3.62. The van der Waals surface area contributed by atoms with Gasteiger partial charge in [0.25, 0.3) is 0 Å². The highest BCUT2D eigenvalue weighted by Gasteiger charge is 2.17. The van der Waals surface area contributed by atoms with Crippen molar-refractivity contribution >= 4 is 5.69 Å². The van der Waals surface area contributed by atoms with Crippen LogP contribution in [0.15, 0.2) is 31.0 Å². The summed E-state index contributed by atoms with van der Waals surface area (Å²) >= 11 is 0. The molecule has 0 radical (unpaired) electrons. The Kier molecular flexibility index (Phi) is 2.26. The predicted molar refractivity (Wildman–Crippen MR) is 57.4 cm³/mol. The van der Waals surface area contributed by atoms with Crippen LogP contribution in [0.25, 0.3) is 5.82 Å². The minimum absolute atomic E-state index is 0.416. The first-order chi connectivity index (χ1) is 7.92. The fraction of sp³-hybridized carbons (Fsp3) is 0.300. The molecule has 2 aromatic rings. The molecule has 0 aliphatic carbocycles. The fourth-order valence-electron chi connectivity index (χ4n) is 1.49. The SMILES string of the molecule is c1ncn(-c2ccc(NC3COC3)cn2)n1. The average molecular weight is 217 g/mol. The summed E-state index contributed by atoms with van der Waals surface area (Å²) in [5.74, 6) is 0.757. The number of rotatable bonds is 3. The highest BCUT2D eigenvalue weighted by molar-refractivity contribution is 5.44. The molecule has 0 amide bonds. The maximum atomic E-state index is 5.08. The lowest BCUT2D eigenvalue weighted by atomic mass is 10.2. The van der Waals surface area contributed by atoms with Crippen LogP contribution in [-0.4, -0.2) is 39.0 Å². The molecule has 16 heavy (non-hydrogen) atoms. The van der Waals surface area contributed by atoms with Crippen LogP contribution in [0.4, 0.5) is 5.69 Å². The molecule has 1 N–H and O–H groups in total. The van der Waals surface area contributed by atoms with Gasteiger partial charge in [0.1, 0.15) is 12.7 Å². The van der Waals surface area contributed by atoms with Gasteiger partial charge in [-0.1, -0.05) is 0 Å². The van der Waals surface area contributed by atoms with E-state index in [1.807, 2.05) is 12.1 Å². The molecule has 6 heteroatoms. The quantitative estimate of drug-likeness (QED) is 0.809. The number of ether oxygens (including phenoxy) is 1. The smallest absolute Gasteiger partial charge is 0.155 e. The van der Waals surface area contributed by atoms with Crippen molar-refractivity contribution in [1.29, 1.82) is 0 Å². The fourth-order valence-corrected chi connectivity index (χ4v) is 1.49. The summed E-state index contributed by atoms with van der Waals surface area (Å²) < 4.78 is 6.71. The number of anilines is 1. The van der Waals surface area contributed by atoms with Crippen LogP contribution in [0.1, 0.15) is 0 Å². The molecule has 1 fully saturated rings. The molecule has 0 unspecified atom stereocenters. The second kappa shape index (κ2) is 3.90. The van der Waals surface area contributed by atoms with E-state index in [4.69, 9.17) is 4.74 Å². The Balaban J connectivity index is 1.74. The summed E-state index contributed by atoms with van der Waals surface area (Å²) in [7, 11) is 0. The van der Waals surface area contributed by atoms with Crippen molar-refractivity contribution in [2.45, 2.75) is 6.04 Å². The molecule has 0 saturated carbocycles. The zero-order valence-electron chi connectivity index (χ0n) is 8.58. The first-order valence-corrected chi connectivity index (χ1v) is 5.07. The molecule has 0 spiro atoms. The molecule has 6 nitrogen and oxygen atoms in total. The summed E-state index contributed by atoms with van der Waals surface area (Å²) in [6.07, 6.45) is 4.89. The van der Waals surface area contributed by atoms with Gasteiger partial charge in [0.05, 0.1) is 31.1 Å². The minimum atomic E-state index is 0.416. The van der Waals surface area contributed by atoms with E-state index in [0.29, 0.717) is 6.04 Å². The zero-order valence-corrected chi connectivity index (χ0v) is 8.58. The van der Waals surface area contributed by atoms with Crippen LogP contribution in [0, 0.1) is 0 Å². The Hall–Kier alpha value is -1.95. The topological polar surface area (TPSA) is 64.9 Å². The summed E-state index contributed by atoms with van der Waals surface area (Å²) in [5.41, 5.74) is 0.997. The summed E-state index contributed by atoms with van der Waals surface area (Å²) in [6.45, 7) is 1.54. The van der Waals surface area contributed by atoms with Crippen LogP contribution < -0.4 is 5.32 Å². The number of hydrogen-bond donors (Lipinski definition) is 1. The van der Waals surface area contributed by atoms with Gasteiger partial charge in [-0.05, 0) is 12.1 Å². The van der Waals surface area contributed by atoms with Crippen LogP contribution in [0.3, 0.4) is 0 Å². The van der Waals surface area contributed by atoms with E-state index in [9.17, 15) is 0 Å². The van der Waals surface area contributed by atoms with Crippen LogP contribution >= 0.6 is 0 Å². The third-order valence-corrected chi connectivity index (χ3v) is 2.41.